The summed E-state index contributed by atoms with van der Waals surface area (Å²) in [5.74, 6) is -0.380. The van der Waals surface area contributed by atoms with Gasteiger partial charge in [-0.15, -0.1) is 22.7 Å². The summed E-state index contributed by atoms with van der Waals surface area (Å²) < 4.78 is 0. The second-order valence-corrected chi connectivity index (χ2v) is 8.81. The van der Waals surface area contributed by atoms with E-state index < -0.39 is 0 Å². The molecule has 0 spiro atoms. The molecule has 1 amide bonds. The predicted octanol–water partition coefficient (Wildman–Crippen LogP) is 5.71. The van der Waals surface area contributed by atoms with Crippen LogP contribution < -0.4 is 11.1 Å². The lowest BCUT2D eigenvalue weighted by atomic mass is 10.1. The molecule has 7 heteroatoms. The first-order valence-corrected chi connectivity index (χ1v) is 11.0. The molecule has 0 fully saturated rings. The van der Waals surface area contributed by atoms with Gasteiger partial charge in [0.25, 0.3) is 5.91 Å². The summed E-state index contributed by atoms with van der Waals surface area (Å²) in [7, 11) is 0. The lowest BCUT2D eigenvalue weighted by molar-refractivity contribution is 0.102. The largest absolute Gasteiger partial charge is 0.397 e. The molecule has 0 unspecified atom stereocenters. The molecular weight excluding hydrogens is 414 g/mol. The van der Waals surface area contributed by atoms with E-state index in [1.165, 1.54) is 11.3 Å². The number of amides is 1. The minimum atomic E-state index is -0.289. The van der Waals surface area contributed by atoms with Crippen molar-refractivity contribution in [1.29, 1.82) is 0 Å². The summed E-state index contributed by atoms with van der Waals surface area (Å²) in [6.07, 6.45) is 3.35. The van der Waals surface area contributed by atoms with Crippen LogP contribution in [-0.4, -0.2) is 16.7 Å². The number of nitrogens with zero attached hydrogens (tertiary/aromatic N) is 1. The number of carbonyl (C=O) groups excluding carboxylic acids is 2. The van der Waals surface area contributed by atoms with Crippen molar-refractivity contribution in [3.8, 4) is 0 Å². The van der Waals surface area contributed by atoms with Gasteiger partial charge < -0.3 is 11.1 Å². The molecule has 0 saturated carbocycles. The number of anilines is 2. The van der Waals surface area contributed by atoms with E-state index in [0.29, 0.717) is 21.8 Å². The number of carbonyl (C=O) groups is 2. The van der Waals surface area contributed by atoms with E-state index in [1.54, 1.807) is 47.8 Å². The molecule has 1 aromatic carbocycles. The first-order chi connectivity index (χ1) is 14.4. The fourth-order valence-corrected chi connectivity index (χ4v) is 4.58. The summed E-state index contributed by atoms with van der Waals surface area (Å²) in [4.78, 5) is 31.8. The number of ketones is 1. The molecule has 30 heavy (non-hydrogen) atoms. The second kappa shape index (κ2) is 8.22. The van der Waals surface area contributed by atoms with Crippen LogP contribution in [0.2, 0.25) is 0 Å². The first kappa shape index (κ1) is 20.0. The van der Waals surface area contributed by atoms with Crippen LogP contribution in [0.5, 0.6) is 0 Å². The molecule has 0 aliphatic heterocycles. The van der Waals surface area contributed by atoms with Crippen LogP contribution in [0, 0.1) is 13.8 Å². The molecule has 0 bridgehead atoms. The van der Waals surface area contributed by atoms with Crippen molar-refractivity contribution in [2.24, 2.45) is 0 Å². The number of allylic oxidation sites excluding steroid dienone is 1. The summed E-state index contributed by atoms with van der Waals surface area (Å²) >= 11 is 2.85. The summed E-state index contributed by atoms with van der Waals surface area (Å²) in [6, 6.07) is 12.7. The van der Waals surface area contributed by atoms with Crippen molar-refractivity contribution in [2.75, 3.05) is 11.1 Å². The molecule has 0 aliphatic rings. The second-order valence-electron chi connectivity index (χ2n) is 6.83. The zero-order valence-electron chi connectivity index (χ0n) is 16.4. The van der Waals surface area contributed by atoms with E-state index in [0.717, 1.165) is 26.4 Å². The molecule has 0 aliphatic carbocycles. The van der Waals surface area contributed by atoms with Gasteiger partial charge in [0.05, 0.1) is 5.69 Å². The Balaban J connectivity index is 1.49. The van der Waals surface area contributed by atoms with E-state index in [9.17, 15) is 9.59 Å². The molecular formula is C23H19N3O2S2. The number of hydrogen-bond acceptors (Lipinski definition) is 6. The van der Waals surface area contributed by atoms with E-state index in [-0.39, 0.29) is 11.7 Å². The van der Waals surface area contributed by atoms with Crippen LogP contribution in [0.15, 0.2) is 53.9 Å². The molecule has 4 aromatic rings. The zero-order chi connectivity index (χ0) is 21.3. The maximum Gasteiger partial charge on any atom is 0.267 e. The van der Waals surface area contributed by atoms with E-state index in [4.69, 9.17) is 5.73 Å². The summed E-state index contributed by atoms with van der Waals surface area (Å²) in [5, 5.41) is 5.61. The molecule has 3 aromatic heterocycles. The number of aromatic nitrogens is 1. The number of fused-ring (bicyclic) bond motifs is 1. The van der Waals surface area contributed by atoms with Gasteiger partial charge >= 0.3 is 0 Å². The number of pyridine rings is 1. The third-order valence-electron chi connectivity index (χ3n) is 4.74. The van der Waals surface area contributed by atoms with Crippen LogP contribution in [0.1, 0.15) is 36.2 Å². The van der Waals surface area contributed by atoms with Crippen LogP contribution >= 0.6 is 22.7 Å². The lowest BCUT2D eigenvalue weighted by Gasteiger charge is -2.05. The fourth-order valence-electron chi connectivity index (χ4n) is 2.94. The third kappa shape index (κ3) is 4.03. The van der Waals surface area contributed by atoms with Gasteiger partial charge in [0.15, 0.2) is 5.78 Å². The predicted molar refractivity (Wildman–Crippen MR) is 126 cm³/mol. The maximum absolute atomic E-state index is 12.7. The molecule has 5 nitrogen and oxygen atoms in total. The zero-order valence-corrected chi connectivity index (χ0v) is 18.1. The fraction of sp³-hybridized carbons (Fsp3) is 0.0870. The van der Waals surface area contributed by atoms with E-state index >= 15 is 0 Å². The number of nitrogen functional groups attached to an aromatic ring is 1. The lowest BCUT2D eigenvalue weighted by Crippen LogP contribution is -2.12. The van der Waals surface area contributed by atoms with Crippen molar-refractivity contribution in [1.82, 2.24) is 4.98 Å². The Bertz CT molecular complexity index is 1270. The van der Waals surface area contributed by atoms with Gasteiger partial charge in [0, 0.05) is 27.2 Å². The standard InChI is InChI=1S/C23H19N3O2S2/c1-13-12-18-20(24)21(30-23(18)25-14(13)2)22(28)26-16-7-5-15(6-8-16)19(27)10-9-17-4-3-11-29-17/h3-12H,24H2,1-2H3,(H,26,28)/b10-9+. The minimum absolute atomic E-state index is 0.0909. The minimum Gasteiger partial charge on any atom is -0.397 e. The summed E-state index contributed by atoms with van der Waals surface area (Å²) in [5.41, 5.74) is 9.75. The highest BCUT2D eigenvalue weighted by Crippen LogP contribution is 2.34. The molecule has 0 atom stereocenters. The van der Waals surface area contributed by atoms with Crippen molar-refractivity contribution >= 4 is 62.0 Å². The highest BCUT2D eigenvalue weighted by atomic mass is 32.1. The number of rotatable bonds is 5. The van der Waals surface area contributed by atoms with Gasteiger partial charge in [-0.3, -0.25) is 9.59 Å². The quantitative estimate of drug-likeness (QED) is 0.312. The van der Waals surface area contributed by atoms with Gasteiger partial charge in [-0.05, 0) is 73.3 Å². The average Bonchev–Trinajstić information content (AvgIpc) is 3.36. The third-order valence-corrected chi connectivity index (χ3v) is 6.69. The Morgan fingerprint density at radius 3 is 2.60 bits per heavy atom. The molecule has 4 rings (SSSR count). The van der Waals surface area contributed by atoms with Crippen LogP contribution in [0.3, 0.4) is 0 Å². The SMILES string of the molecule is Cc1cc2c(N)c(C(=O)Nc3ccc(C(=O)/C=C/c4cccs4)cc3)sc2nc1C. The number of thiophene rings is 2. The van der Waals surface area contributed by atoms with Crippen molar-refractivity contribution in [3.05, 3.63) is 80.5 Å². The number of nitrogens with two attached hydrogens (primary N) is 1. The van der Waals surface area contributed by atoms with Gasteiger partial charge in [0.2, 0.25) is 0 Å². The van der Waals surface area contributed by atoms with Crippen molar-refractivity contribution in [3.63, 3.8) is 0 Å². The number of benzene rings is 1. The Morgan fingerprint density at radius 2 is 1.90 bits per heavy atom. The van der Waals surface area contributed by atoms with Gasteiger partial charge in [-0.1, -0.05) is 6.07 Å². The van der Waals surface area contributed by atoms with Crippen LogP contribution in [0.4, 0.5) is 11.4 Å². The Labute approximate surface area is 181 Å². The van der Waals surface area contributed by atoms with Crippen LogP contribution in [0.25, 0.3) is 16.3 Å². The molecule has 0 saturated heterocycles. The van der Waals surface area contributed by atoms with Crippen molar-refractivity contribution < 1.29 is 9.59 Å². The van der Waals surface area contributed by atoms with Gasteiger partial charge in [-0.2, -0.15) is 0 Å². The number of hydrogen-bond donors (Lipinski definition) is 2. The Kier molecular flexibility index (Phi) is 5.48. The Morgan fingerprint density at radius 1 is 1.13 bits per heavy atom. The van der Waals surface area contributed by atoms with E-state index in [2.05, 4.69) is 10.3 Å². The Hall–Kier alpha value is -3.29. The highest BCUT2D eigenvalue weighted by Gasteiger charge is 2.18. The average molecular weight is 434 g/mol. The summed E-state index contributed by atoms with van der Waals surface area (Å²) in [6.45, 7) is 3.90. The highest BCUT2D eigenvalue weighted by molar-refractivity contribution is 7.21. The van der Waals surface area contributed by atoms with Gasteiger partial charge in [-0.25, -0.2) is 4.98 Å². The normalized spacial score (nSPS) is 11.3. The number of nitrogens with one attached hydrogen (secondary N) is 1. The topological polar surface area (TPSA) is 85.1 Å². The van der Waals surface area contributed by atoms with Gasteiger partial charge in [0.1, 0.15) is 9.71 Å². The number of aryl methyl sites for hydroxylation is 2. The van der Waals surface area contributed by atoms with Crippen molar-refractivity contribution in [2.45, 2.75) is 13.8 Å². The first-order valence-electron chi connectivity index (χ1n) is 9.26. The smallest absolute Gasteiger partial charge is 0.267 e. The van der Waals surface area contributed by atoms with E-state index in [1.807, 2.05) is 37.4 Å². The molecule has 3 heterocycles. The molecule has 0 radical (unpaired) electrons. The molecule has 150 valence electrons. The van der Waals surface area contributed by atoms with Crippen LogP contribution in [-0.2, 0) is 0 Å². The monoisotopic (exact) mass is 433 g/mol. The molecule has 3 N–H and O–H groups in total. The maximum atomic E-state index is 12.7.